The van der Waals surface area contributed by atoms with E-state index >= 15 is 0 Å². The molecule has 7 nitrogen and oxygen atoms in total. The van der Waals surface area contributed by atoms with Gasteiger partial charge in [0.1, 0.15) is 12.0 Å². The zero-order valence-corrected chi connectivity index (χ0v) is 15.8. The van der Waals surface area contributed by atoms with Gasteiger partial charge in [0.25, 0.3) is 0 Å². The van der Waals surface area contributed by atoms with Gasteiger partial charge in [0.2, 0.25) is 0 Å². The van der Waals surface area contributed by atoms with Gasteiger partial charge in [-0.3, -0.25) is 0 Å². The number of fused-ring (bicyclic) bond motifs is 1. The van der Waals surface area contributed by atoms with Crippen molar-refractivity contribution in [3.05, 3.63) is 42.1 Å². The molecule has 4 N–H and O–H groups in total. The van der Waals surface area contributed by atoms with E-state index in [1.165, 1.54) is 0 Å². The Labute approximate surface area is 159 Å². The summed E-state index contributed by atoms with van der Waals surface area (Å²) in [5, 5.41) is 13.1. The Morgan fingerprint density at radius 2 is 2.04 bits per heavy atom. The molecule has 1 aromatic heterocycles. The fraction of sp³-hybridized carbons (Fsp3) is 0.400. The van der Waals surface area contributed by atoms with Crippen LogP contribution in [-0.2, 0) is 4.74 Å². The molecule has 0 radical (unpaired) electrons. The normalized spacial score (nSPS) is 17.4. The smallest absolute Gasteiger partial charge is 0.407 e. The number of nitrogens with one attached hydrogen (secondary N) is 1. The van der Waals surface area contributed by atoms with Crippen LogP contribution < -0.4 is 16.0 Å². The lowest BCUT2D eigenvalue weighted by molar-refractivity contribution is 0.111. The number of hydrogen-bond acceptors (Lipinski definition) is 6. The van der Waals surface area contributed by atoms with Gasteiger partial charge >= 0.3 is 6.09 Å². The highest BCUT2D eigenvalue weighted by Crippen LogP contribution is 2.37. The Kier molecular flexibility index (Phi) is 5.51. The van der Waals surface area contributed by atoms with E-state index in [1.54, 1.807) is 19.2 Å². The van der Waals surface area contributed by atoms with Gasteiger partial charge in [-0.05, 0) is 62.6 Å². The van der Waals surface area contributed by atoms with Gasteiger partial charge in [0.05, 0.1) is 12.1 Å². The lowest BCUT2D eigenvalue weighted by atomic mass is 9.92. The highest BCUT2D eigenvalue weighted by Gasteiger charge is 2.29. The largest absolute Gasteiger partial charge is 0.447 e. The second-order valence-electron chi connectivity index (χ2n) is 7.01. The summed E-state index contributed by atoms with van der Waals surface area (Å²) in [6, 6.07) is 9.45. The van der Waals surface area contributed by atoms with Crippen molar-refractivity contribution in [2.24, 2.45) is 0 Å². The van der Waals surface area contributed by atoms with E-state index in [9.17, 15) is 9.90 Å². The highest BCUT2D eigenvalue weighted by molar-refractivity contribution is 5.73. The molecular formula is C20H26N4O3. The minimum atomic E-state index is -0.614. The quantitative estimate of drug-likeness (QED) is 0.765. The summed E-state index contributed by atoms with van der Waals surface area (Å²) in [7, 11) is 0. The van der Waals surface area contributed by atoms with Gasteiger partial charge in [0, 0.05) is 24.0 Å². The average Bonchev–Trinajstić information content (AvgIpc) is 2.61. The van der Waals surface area contributed by atoms with E-state index < -0.39 is 12.3 Å². The summed E-state index contributed by atoms with van der Waals surface area (Å²) in [5.74, 6) is 0.466. The number of rotatable bonds is 4. The molecule has 0 saturated heterocycles. The van der Waals surface area contributed by atoms with E-state index in [0.717, 1.165) is 22.4 Å². The first-order chi connectivity index (χ1) is 12.8. The third kappa shape index (κ3) is 4.31. The molecule has 144 valence electrons. The van der Waals surface area contributed by atoms with Gasteiger partial charge < -0.3 is 25.8 Å². The number of hydrogen-bond donors (Lipinski definition) is 3. The predicted molar refractivity (Wildman–Crippen MR) is 105 cm³/mol. The van der Waals surface area contributed by atoms with Crippen molar-refractivity contribution < 1.29 is 14.6 Å². The number of benzene rings is 1. The van der Waals surface area contributed by atoms with Gasteiger partial charge in [-0.15, -0.1) is 0 Å². The molecule has 1 amide bonds. The SMILES string of the molecule is CC(C)OC(=O)NC1CCN(C(C)O)c2ccc(-c3ccc(N)nc3)cc21. The lowest BCUT2D eigenvalue weighted by Gasteiger charge is -2.38. The Hall–Kier alpha value is -2.80. The maximum atomic E-state index is 12.1. The van der Waals surface area contributed by atoms with Crippen LogP contribution in [0.1, 0.15) is 38.8 Å². The summed E-state index contributed by atoms with van der Waals surface area (Å²) < 4.78 is 5.23. The van der Waals surface area contributed by atoms with Gasteiger partial charge in [-0.1, -0.05) is 6.07 Å². The molecule has 0 bridgehead atoms. The van der Waals surface area contributed by atoms with Crippen molar-refractivity contribution in [1.29, 1.82) is 0 Å². The second-order valence-corrected chi connectivity index (χ2v) is 7.01. The van der Waals surface area contributed by atoms with Crippen LogP contribution in [0.4, 0.5) is 16.3 Å². The van der Waals surface area contributed by atoms with Crippen LogP contribution in [-0.4, -0.2) is 35.1 Å². The summed E-state index contributed by atoms with van der Waals surface area (Å²) in [4.78, 5) is 18.2. The molecule has 2 heterocycles. The van der Waals surface area contributed by atoms with E-state index in [1.807, 2.05) is 43.0 Å². The fourth-order valence-electron chi connectivity index (χ4n) is 3.32. The summed E-state index contributed by atoms with van der Waals surface area (Å²) in [6.45, 7) is 6.01. The first-order valence-electron chi connectivity index (χ1n) is 9.13. The van der Waals surface area contributed by atoms with Crippen LogP contribution in [0.5, 0.6) is 0 Å². The van der Waals surface area contributed by atoms with E-state index in [0.29, 0.717) is 18.8 Å². The molecule has 3 rings (SSSR count). The van der Waals surface area contributed by atoms with Crippen molar-refractivity contribution in [1.82, 2.24) is 10.3 Å². The van der Waals surface area contributed by atoms with E-state index in [-0.39, 0.29) is 12.1 Å². The van der Waals surface area contributed by atoms with Crippen LogP contribution in [0, 0.1) is 0 Å². The van der Waals surface area contributed by atoms with Crippen LogP contribution in [0.3, 0.4) is 0 Å². The minimum Gasteiger partial charge on any atom is -0.447 e. The number of pyridine rings is 1. The molecule has 0 saturated carbocycles. The lowest BCUT2D eigenvalue weighted by Crippen LogP contribution is -2.42. The number of aliphatic hydroxyl groups excluding tert-OH is 1. The number of carbonyl (C=O) groups excluding carboxylic acids is 1. The average molecular weight is 370 g/mol. The Morgan fingerprint density at radius 3 is 2.67 bits per heavy atom. The van der Waals surface area contributed by atoms with Crippen molar-refractivity contribution in [3.63, 3.8) is 0 Å². The van der Waals surface area contributed by atoms with Gasteiger partial charge in [-0.2, -0.15) is 0 Å². The third-order valence-electron chi connectivity index (χ3n) is 4.58. The molecule has 7 heteroatoms. The molecule has 0 spiro atoms. The van der Waals surface area contributed by atoms with Crippen LogP contribution >= 0.6 is 0 Å². The van der Waals surface area contributed by atoms with Crippen molar-refractivity contribution >= 4 is 17.6 Å². The van der Waals surface area contributed by atoms with E-state index in [2.05, 4.69) is 10.3 Å². The molecule has 0 aliphatic carbocycles. The monoisotopic (exact) mass is 370 g/mol. The fourth-order valence-corrected chi connectivity index (χ4v) is 3.32. The topological polar surface area (TPSA) is 101 Å². The summed E-state index contributed by atoms with van der Waals surface area (Å²) in [6.07, 6.45) is 1.16. The summed E-state index contributed by atoms with van der Waals surface area (Å²) in [5.41, 5.74) is 9.42. The number of ether oxygens (including phenoxy) is 1. The first-order valence-corrected chi connectivity index (χ1v) is 9.13. The Morgan fingerprint density at radius 1 is 1.30 bits per heavy atom. The molecular weight excluding hydrogens is 344 g/mol. The number of anilines is 2. The van der Waals surface area contributed by atoms with Crippen molar-refractivity contribution in [2.75, 3.05) is 17.2 Å². The third-order valence-corrected chi connectivity index (χ3v) is 4.58. The predicted octanol–water partition coefficient (Wildman–Crippen LogP) is 3.05. The highest BCUT2D eigenvalue weighted by atomic mass is 16.6. The molecule has 2 unspecified atom stereocenters. The molecule has 2 aromatic rings. The number of carbonyl (C=O) groups is 1. The van der Waals surface area contributed by atoms with Crippen molar-refractivity contribution in [2.45, 2.75) is 45.6 Å². The van der Waals surface area contributed by atoms with Gasteiger partial charge in [-0.25, -0.2) is 9.78 Å². The van der Waals surface area contributed by atoms with Gasteiger partial charge in [0.15, 0.2) is 0 Å². The van der Waals surface area contributed by atoms with Crippen LogP contribution in [0.2, 0.25) is 0 Å². The Bertz CT molecular complexity index is 805. The maximum absolute atomic E-state index is 12.1. The number of nitrogens with zero attached hydrogens (tertiary/aromatic N) is 2. The molecule has 1 aliphatic rings. The zero-order valence-electron chi connectivity index (χ0n) is 15.8. The standard InChI is InChI=1S/C20H26N4O3/c1-12(2)27-20(26)23-17-8-9-24(13(3)25)18-6-4-14(10-16(17)18)15-5-7-19(21)22-11-15/h4-7,10-13,17,25H,8-9H2,1-3H3,(H2,21,22)(H,23,26). The van der Waals surface area contributed by atoms with Crippen molar-refractivity contribution in [3.8, 4) is 11.1 Å². The van der Waals surface area contributed by atoms with E-state index in [4.69, 9.17) is 10.5 Å². The second kappa shape index (κ2) is 7.84. The number of aromatic nitrogens is 1. The number of amides is 1. The zero-order chi connectivity index (χ0) is 19.6. The molecule has 2 atom stereocenters. The minimum absolute atomic E-state index is 0.186. The molecule has 1 aromatic carbocycles. The number of aliphatic hydroxyl groups is 1. The Balaban J connectivity index is 1.96. The van der Waals surface area contributed by atoms with Crippen LogP contribution in [0.25, 0.3) is 11.1 Å². The number of nitrogen functional groups attached to an aromatic ring is 1. The molecule has 0 fully saturated rings. The first kappa shape index (κ1) is 19.0. The molecule has 27 heavy (non-hydrogen) atoms. The van der Waals surface area contributed by atoms with Crippen LogP contribution in [0.15, 0.2) is 36.5 Å². The summed E-state index contributed by atoms with van der Waals surface area (Å²) >= 11 is 0. The maximum Gasteiger partial charge on any atom is 0.407 e. The molecule has 1 aliphatic heterocycles. The number of alkyl carbamates (subject to hydrolysis) is 1. The number of nitrogens with two attached hydrogens (primary N) is 1.